The SMILES string of the molecule is CC1CSC(Nc2ccc(Cl)cc2I)=NC1C. The van der Waals surface area contributed by atoms with Gasteiger partial charge in [0, 0.05) is 14.3 Å². The summed E-state index contributed by atoms with van der Waals surface area (Å²) in [5.74, 6) is 1.77. The summed E-state index contributed by atoms with van der Waals surface area (Å²) in [6.45, 7) is 4.41. The minimum atomic E-state index is 0.392. The molecule has 2 atom stereocenters. The van der Waals surface area contributed by atoms with Crippen molar-refractivity contribution in [1.29, 1.82) is 0 Å². The van der Waals surface area contributed by atoms with E-state index in [-0.39, 0.29) is 0 Å². The summed E-state index contributed by atoms with van der Waals surface area (Å²) in [6.07, 6.45) is 0. The zero-order chi connectivity index (χ0) is 12.4. The van der Waals surface area contributed by atoms with Crippen LogP contribution in [0.15, 0.2) is 23.2 Å². The second-order valence-electron chi connectivity index (χ2n) is 4.21. The van der Waals surface area contributed by atoms with Gasteiger partial charge in [0.05, 0.1) is 11.7 Å². The quantitative estimate of drug-likeness (QED) is 0.726. The molecule has 2 rings (SSSR count). The van der Waals surface area contributed by atoms with Gasteiger partial charge >= 0.3 is 0 Å². The van der Waals surface area contributed by atoms with E-state index in [1.807, 2.05) is 18.2 Å². The number of benzene rings is 1. The summed E-state index contributed by atoms with van der Waals surface area (Å²) < 4.78 is 1.12. The predicted octanol–water partition coefficient (Wildman–Crippen LogP) is 4.48. The fraction of sp³-hybridized carbons (Fsp3) is 0.417. The van der Waals surface area contributed by atoms with Crippen LogP contribution in [0.5, 0.6) is 0 Å². The lowest BCUT2D eigenvalue weighted by Gasteiger charge is -2.24. The molecular formula is C12H14ClIN2S. The van der Waals surface area contributed by atoms with Crippen molar-refractivity contribution in [3.8, 4) is 0 Å². The molecular weight excluding hydrogens is 367 g/mol. The molecule has 92 valence electrons. The Balaban J connectivity index is 2.13. The highest BCUT2D eigenvalue weighted by molar-refractivity contribution is 14.1. The Labute approximate surface area is 125 Å². The van der Waals surface area contributed by atoms with E-state index in [9.17, 15) is 0 Å². The van der Waals surface area contributed by atoms with Gasteiger partial charge in [0.1, 0.15) is 0 Å². The monoisotopic (exact) mass is 380 g/mol. The Hall–Kier alpha value is 0.0600. The first-order valence-corrected chi connectivity index (χ1v) is 7.93. The van der Waals surface area contributed by atoms with E-state index in [0.29, 0.717) is 12.0 Å². The third kappa shape index (κ3) is 3.51. The molecule has 5 heteroatoms. The molecule has 0 fully saturated rings. The van der Waals surface area contributed by atoms with E-state index in [1.165, 1.54) is 0 Å². The molecule has 1 heterocycles. The summed E-state index contributed by atoms with van der Waals surface area (Å²) >= 11 is 10.00. The molecule has 1 aromatic rings. The van der Waals surface area contributed by atoms with E-state index in [2.05, 4.69) is 46.7 Å². The average molecular weight is 381 g/mol. The molecule has 0 bridgehead atoms. The third-order valence-electron chi connectivity index (χ3n) is 2.80. The second-order valence-corrected chi connectivity index (χ2v) is 6.82. The van der Waals surface area contributed by atoms with Gasteiger partial charge in [0.25, 0.3) is 0 Å². The number of hydrogen-bond acceptors (Lipinski definition) is 3. The van der Waals surface area contributed by atoms with E-state index in [1.54, 1.807) is 11.8 Å². The van der Waals surface area contributed by atoms with Crippen LogP contribution in [0.3, 0.4) is 0 Å². The standard InChI is InChI=1S/C12H14ClIN2S/c1-7-6-17-12(15-8(7)2)16-11-4-3-9(13)5-10(11)14/h3-5,7-8H,6H2,1-2H3,(H,15,16). The van der Waals surface area contributed by atoms with E-state index < -0.39 is 0 Å². The Kier molecular flexibility index (Phi) is 4.60. The number of halogens is 2. The van der Waals surface area contributed by atoms with Crippen LogP contribution in [0.1, 0.15) is 13.8 Å². The van der Waals surface area contributed by atoms with Gasteiger partial charge < -0.3 is 5.32 Å². The predicted molar refractivity (Wildman–Crippen MR) is 86.3 cm³/mol. The molecule has 0 spiro atoms. The molecule has 17 heavy (non-hydrogen) atoms. The van der Waals surface area contributed by atoms with Crippen molar-refractivity contribution < 1.29 is 0 Å². The molecule has 0 saturated heterocycles. The Morgan fingerprint density at radius 1 is 1.47 bits per heavy atom. The summed E-state index contributed by atoms with van der Waals surface area (Å²) in [4.78, 5) is 4.65. The van der Waals surface area contributed by atoms with Gasteiger partial charge in [0.15, 0.2) is 5.17 Å². The topological polar surface area (TPSA) is 24.4 Å². The summed E-state index contributed by atoms with van der Waals surface area (Å²) in [6, 6.07) is 6.23. The lowest BCUT2D eigenvalue weighted by molar-refractivity contribution is 0.537. The van der Waals surface area contributed by atoms with Crippen LogP contribution < -0.4 is 5.32 Å². The highest BCUT2D eigenvalue weighted by atomic mass is 127. The highest BCUT2D eigenvalue weighted by Gasteiger charge is 2.19. The molecule has 0 amide bonds. The van der Waals surface area contributed by atoms with Crippen molar-refractivity contribution >= 4 is 56.8 Å². The molecule has 1 aliphatic rings. The number of thioether (sulfide) groups is 1. The van der Waals surface area contributed by atoms with E-state index in [0.717, 1.165) is 25.2 Å². The van der Waals surface area contributed by atoms with Crippen LogP contribution in [0.4, 0.5) is 5.69 Å². The number of nitrogens with one attached hydrogen (secondary N) is 1. The number of amidine groups is 1. The second kappa shape index (κ2) is 5.80. The van der Waals surface area contributed by atoms with Crippen LogP contribution >= 0.6 is 46.0 Å². The fourth-order valence-corrected chi connectivity index (χ4v) is 3.60. The van der Waals surface area contributed by atoms with E-state index in [4.69, 9.17) is 11.6 Å². The van der Waals surface area contributed by atoms with Gasteiger partial charge in [-0.3, -0.25) is 4.99 Å². The van der Waals surface area contributed by atoms with Crippen molar-refractivity contribution in [1.82, 2.24) is 0 Å². The van der Waals surface area contributed by atoms with Crippen molar-refractivity contribution in [3.05, 3.63) is 26.8 Å². The van der Waals surface area contributed by atoms with Crippen molar-refractivity contribution in [2.45, 2.75) is 19.9 Å². The first-order valence-electron chi connectivity index (χ1n) is 5.49. The number of rotatable bonds is 1. The minimum Gasteiger partial charge on any atom is -0.334 e. The molecule has 2 nitrogen and oxygen atoms in total. The van der Waals surface area contributed by atoms with Crippen molar-refractivity contribution in [2.75, 3.05) is 11.1 Å². The summed E-state index contributed by atoms with van der Waals surface area (Å²) in [5, 5.41) is 5.15. The zero-order valence-electron chi connectivity index (χ0n) is 9.71. The number of hydrogen-bond donors (Lipinski definition) is 1. The summed E-state index contributed by atoms with van der Waals surface area (Å²) in [5.41, 5.74) is 1.07. The van der Waals surface area contributed by atoms with Crippen molar-refractivity contribution in [2.24, 2.45) is 10.9 Å². The van der Waals surface area contributed by atoms with Gasteiger partial charge in [-0.15, -0.1) is 0 Å². The van der Waals surface area contributed by atoms with Gasteiger partial charge in [-0.1, -0.05) is 30.3 Å². The largest absolute Gasteiger partial charge is 0.334 e. The number of anilines is 1. The molecule has 2 unspecified atom stereocenters. The first-order chi connectivity index (χ1) is 8.06. The summed E-state index contributed by atoms with van der Waals surface area (Å²) in [7, 11) is 0. The zero-order valence-corrected chi connectivity index (χ0v) is 13.4. The minimum absolute atomic E-state index is 0.392. The van der Waals surface area contributed by atoms with Gasteiger partial charge in [0.2, 0.25) is 0 Å². The van der Waals surface area contributed by atoms with Gasteiger partial charge in [-0.25, -0.2) is 0 Å². The number of nitrogens with zero attached hydrogens (tertiary/aromatic N) is 1. The van der Waals surface area contributed by atoms with Crippen LogP contribution in [0.2, 0.25) is 5.02 Å². The lowest BCUT2D eigenvalue weighted by Crippen LogP contribution is -2.25. The maximum atomic E-state index is 5.93. The maximum Gasteiger partial charge on any atom is 0.161 e. The maximum absolute atomic E-state index is 5.93. The Morgan fingerprint density at radius 2 is 2.24 bits per heavy atom. The average Bonchev–Trinajstić information content (AvgIpc) is 2.27. The van der Waals surface area contributed by atoms with Crippen LogP contribution in [0.25, 0.3) is 0 Å². The molecule has 1 aliphatic heterocycles. The number of aliphatic imine (C=N–C) groups is 1. The molecule has 0 saturated carbocycles. The normalized spacial score (nSPS) is 24.4. The molecule has 0 aliphatic carbocycles. The Morgan fingerprint density at radius 3 is 2.88 bits per heavy atom. The Bertz CT molecular complexity index is 450. The first kappa shape index (κ1) is 13.5. The third-order valence-corrected chi connectivity index (χ3v) is 5.10. The fourth-order valence-electron chi connectivity index (χ4n) is 1.47. The van der Waals surface area contributed by atoms with Crippen LogP contribution in [0, 0.1) is 9.49 Å². The van der Waals surface area contributed by atoms with E-state index >= 15 is 0 Å². The van der Waals surface area contributed by atoms with Gasteiger partial charge in [-0.05, 0) is 53.6 Å². The molecule has 1 aromatic carbocycles. The van der Waals surface area contributed by atoms with Crippen LogP contribution in [-0.2, 0) is 0 Å². The van der Waals surface area contributed by atoms with Gasteiger partial charge in [-0.2, -0.15) is 0 Å². The molecule has 0 radical (unpaired) electrons. The van der Waals surface area contributed by atoms with Crippen molar-refractivity contribution in [3.63, 3.8) is 0 Å². The highest BCUT2D eigenvalue weighted by Crippen LogP contribution is 2.27. The smallest absolute Gasteiger partial charge is 0.161 e. The molecule has 1 N–H and O–H groups in total. The van der Waals surface area contributed by atoms with Crippen LogP contribution in [-0.4, -0.2) is 17.0 Å². The molecule has 0 aromatic heterocycles. The lowest BCUT2D eigenvalue weighted by atomic mass is 10.1.